The summed E-state index contributed by atoms with van der Waals surface area (Å²) in [6.07, 6.45) is 5.38. The maximum Gasteiger partial charge on any atom is 0.222 e. The van der Waals surface area contributed by atoms with Crippen LogP contribution in [-0.4, -0.2) is 37.4 Å². The second-order valence-corrected chi connectivity index (χ2v) is 6.92. The highest BCUT2D eigenvalue weighted by Crippen LogP contribution is 2.43. The minimum absolute atomic E-state index is 0.0980. The first-order chi connectivity index (χ1) is 9.44. The molecule has 2 fully saturated rings. The molecule has 20 heavy (non-hydrogen) atoms. The van der Waals surface area contributed by atoms with Crippen LogP contribution in [0.3, 0.4) is 0 Å². The normalized spacial score (nSPS) is 41.0. The number of amides is 1. The van der Waals surface area contributed by atoms with Crippen LogP contribution >= 0.6 is 0 Å². The SMILES string of the molecule is COCCC(=O)N[C@]1(C)C[C@H](C)O[C@@H]2C[C@H](C)CC[C@H]21. The molecule has 4 nitrogen and oxygen atoms in total. The Morgan fingerprint density at radius 2 is 2.15 bits per heavy atom. The highest BCUT2D eigenvalue weighted by Gasteiger charge is 2.48. The van der Waals surface area contributed by atoms with Crippen molar-refractivity contribution in [3.05, 3.63) is 0 Å². The number of hydrogen-bond donors (Lipinski definition) is 1. The van der Waals surface area contributed by atoms with Crippen molar-refractivity contribution >= 4 is 5.91 Å². The lowest BCUT2D eigenvalue weighted by Gasteiger charge is -2.51. The van der Waals surface area contributed by atoms with E-state index in [0.29, 0.717) is 25.0 Å². The van der Waals surface area contributed by atoms with E-state index in [-0.39, 0.29) is 17.6 Å². The standard InChI is InChI=1S/C16H29NO3/c1-11-5-6-13-14(9-11)20-12(2)10-16(13,3)17-15(18)7-8-19-4/h11-14H,5-10H2,1-4H3,(H,17,18)/t11-,12+,13-,14-,16-/m1/s1. The van der Waals surface area contributed by atoms with Gasteiger partial charge in [-0.1, -0.05) is 13.3 Å². The number of carbonyl (C=O) groups excluding carboxylic acids is 1. The minimum Gasteiger partial charge on any atom is -0.384 e. The smallest absolute Gasteiger partial charge is 0.222 e. The number of fused-ring (bicyclic) bond motifs is 1. The van der Waals surface area contributed by atoms with Crippen LogP contribution in [0.2, 0.25) is 0 Å². The van der Waals surface area contributed by atoms with Crippen LogP contribution in [0.1, 0.15) is 52.9 Å². The van der Waals surface area contributed by atoms with E-state index in [1.807, 2.05) is 0 Å². The van der Waals surface area contributed by atoms with Gasteiger partial charge in [0, 0.05) is 25.0 Å². The van der Waals surface area contributed by atoms with Gasteiger partial charge < -0.3 is 14.8 Å². The van der Waals surface area contributed by atoms with Crippen LogP contribution in [0.15, 0.2) is 0 Å². The van der Waals surface area contributed by atoms with E-state index in [2.05, 4.69) is 26.1 Å². The van der Waals surface area contributed by atoms with Gasteiger partial charge in [0.25, 0.3) is 0 Å². The first kappa shape index (κ1) is 15.8. The van der Waals surface area contributed by atoms with Crippen molar-refractivity contribution in [2.24, 2.45) is 11.8 Å². The third-order valence-corrected chi connectivity index (χ3v) is 4.95. The summed E-state index contributed by atoms with van der Waals surface area (Å²) in [6, 6.07) is 0. The molecule has 1 saturated carbocycles. The van der Waals surface area contributed by atoms with Crippen LogP contribution in [0.4, 0.5) is 0 Å². The van der Waals surface area contributed by atoms with E-state index in [1.54, 1.807) is 7.11 Å². The molecular weight excluding hydrogens is 254 g/mol. The summed E-state index contributed by atoms with van der Waals surface area (Å²) >= 11 is 0. The van der Waals surface area contributed by atoms with Gasteiger partial charge in [-0.3, -0.25) is 4.79 Å². The van der Waals surface area contributed by atoms with Crippen molar-refractivity contribution in [2.45, 2.75) is 70.6 Å². The molecule has 2 aliphatic rings. The second-order valence-electron chi connectivity index (χ2n) is 6.92. The number of nitrogens with one attached hydrogen (secondary N) is 1. The topological polar surface area (TPSA) is 47.6 Å². The Morgan fingerprint density at radius 1 is 1.40 bits per heavy atom. The average Bonchev–Trinajstić information content (AvgIpc) is 2.34. The van der Waals surface area contributed by atoms with Crippen molar-refractivity contribution in [1.29, 1.82) is 0 Å². The molecule has 1 heterocycles. The first-order valence-electron chi connectivity index (χ1n) is 7.90. The van der Waals surface area contributed by atoms with Gasteiger partial charge in [0.15, 0.2) is 0 Å². The molecule has 0 aromatic heterocycles. The lowest BCUT2D eigenvalue weighted by atomic mass is 9.67. The second kappa shape index (κ2) is 6.44. The molecule has 0 aromatic rings. The molecular formula is C16H29NO3. The van der Waals surface area contributed by atoms with E-state index >= 15 is 0 Å². The zero-order valence-corrected chi connectivity index (χ0v) is 13.3. The first-order valence-corrected chi connectivity index (χ1v) is 7.90. The fourth-order valence-electron chi connectivity index (χ4n) is 4.02. The Balaban J connectivity index is 2.04. The Bertz CT molecular complexity index is 345. The van der Waals surface area contributed by atoms with Gasteiger partial charge in [-0.25, -0.2) is 0 Å². The third-order valence-electron chi connectivity index (χ3n) is 4.95. The summed E-state index contributed by atoms with van der Waals surface area (Å²) in [5, 5.41) is 3.28. The number of methoxy groups -OCH3 is 1. The lowest BCUT2D eigenvalue weighted by Crippen LogP contribution is -2.61. The Labute approximate surface area is 122 Å². The molecule has 116 valence electrons. The van der Waals surface area contributed by atoms with Gasteiger partial charge in [-0.05, 0) is 39.0 Å². The summed E-state index contributed by atoms with van der Waals surface area (Å²) in [6.45, 7) is 7.10. The zero-order chi connectivity index (χ0) is 14.8. The van der Waals surface area contributed by atoms with Crippen molar-refractivity contribution < 1.29 is 14.3 Å². The van der Waals surface area contributed by atoms with Crippen molar-refractivity contribution in [3.8, 4) is 0 Å². The number of ether oxygens (including phenoxy) is 2. The molecule has 4 heteroatoms. The fourth-order valence-corrected chi connectivity index (χ4v) is 4.02. The molecule has 0 bridgehead atoms. The molecule has 0 radical (unpaired) electrons. The molecule has 0 unspecified atom stereocenters. The average molecular weight is 283 g/mol. The minimum atomic E-state index is -0.132. The lowest BCUT2D eigenvalue weighted by molar-refractivity contribution is -0.148. The van der Waals surface area contributed by atoms with Gasteiger partial charge in [-0.2, -0.15) is 0 Å². The van der Waals surface area contributed by atoms with Crippen LogP contribution in [0.5, 0.6) is 0 Å². The van der Waals surface area contributed by atoms with Crippen molar-refractivity contribution in [3.63, 3.8) is 0 Å². The van der Waals surface area contributed by atoms with Crippen LogP contribution in [0, 0.1) is 11.8 Å². The summed E-state index contributed by atoms with van der Waals surface area (Å²) in [7, 11) is 1.63. The van der Waals surface area contributed by atoms with Gasteiger partial charge >= 0.3 is 0 Å². The molecule has 0 aromatic carbocycles. The highest BCUT2D eigenvalue weighted by atomic mass is 16.5. The van der Waals surface area contributed by atoms with Gasteiger partial charge in [-0.15, -0.1) is 0 Å². The van der Waals surface area contributed by atoms with Gasteiger partial charge in [0.05, 0.1) is 18.8 Å². The Hall–Kier alpha value is -0.610. The number of carbonyl (C=O) groups is 1. The molecule has 1 saturated heterocycles. The van der Waals surface area contributed by atoms with E-state index in [4.69, 9.17) is 9.47 Å². The van der Waals surface area contributed by atoms with E-state index in [0.717, 1.165) is 25.2 Å². The van der Waals surface area contributed by atoms with E-state index in [1.165, 1.54) is 6.42 Å². The summed E-state index contributed by atoms with van der Waals surface area (Å²) in [5.41, 5.74) is -0.132. The van der Waals surface area contributed by atoms with Crippen LogP contribution in [-0.2, 0) is 14.3 Å². The maximum absolute atomic E-state index is 12.1. The van der Waals surface area contributed by atoms with E-state index in [9.17, 15) is 4.79 Å². The van der Waals surface area contributed by atoms with E-state index < -0.39 is 0 Å². The zero-order valence-electron chi connectivity index (χ0n) is 13.3. The molecule has 1 amide bonds. The summed E-state index contributed by atoms with van der Waals surface area (Å²) < 4.78 is 11.1. The Morgan fingerprint density at radius 3 is 2.85 bits per heavy atom. The van der Waals surface area contributed by atoms with Crippen LogP contribution < -0.4 is 5.32 Å². The molecule has 1 aliphatic heterocycles. The fraction of sp³-hybridized carbons (Fsp3) is 0.938. The molecule has 2 rings (SSSR count). The van der Waals surface area contributed by atoms with Gasteiger partial charge in [0.2, 0.25) is 5.91 Å². The monoisotopic (exact) mass is 283 g/mol. The predicted octanol–water partition coefficient (Wildman–Crippen LogP) is 2.51. The third kappa shape index (κ3) is 3.53. The van der Waals surface area contributed by atoms with Crippen molar-refractivity contribution in [1.82, 2.24) is 5.32 Å². The Kier molecular flexibility index (Phi) is 5.08. The van der Waals surface area contributed by atoms with Gasteiger partial charge in [0.1, 0.15) is 0 Å². The van der Waals surface area contributed by atoms with Crippen LogP contribution in [0.25, 0.3) is 0 Å². The molecule has 1 N–H and O–H groups in total. The largest absolute Gasteiger partial charge is 0.384 e. The summed E-state index contributed by atoms with van der Waals surface area (Å²) in [5.74, 6) is 1.28. The molecule has 1 aliphatic carbocycles. The quantitative estimate of drug-likeness (QED) is 0.862. The number of hydrogen-bond acceptors (Lipinski definition) is 3. The van der Waals surface area contributed by atoms with Crippen molar-refractivity contribution in [2.75, 3.05) is 13.7 Å². The molecule has 5 atom stereocenters. The number of rotatable bonds is 4. The highest BCUT2D eigenvalue weighted by molar-refractivity contribution is 5.76. The maximum atomic E-state index is 12.1. The predicted molar refractivity (Wildman–Crippen MR) is 78.5 cm³/mol. The molecule has 0 spiro atoms. The summed E-state index contributed by atoms with van der Waals surface area (Å²) in [4.78, 5) is 12.1.